The fourth-order valence-electron chi connectivity index (χ4n) is 2.61. The Kier molecular flexibility index (Phi) is 3.50. The van der Waals surface area contributed by atoms with Gasteiger partial charge in [0.2, 0.25) is 0 Å². The zero-order valence-electron chi connectivity index (χ0n) is 10.2. The first kappa shape index (κ1) is 11.9. The van der Waals surface area contributed by atoms with Gasteiger partial charge in [0.25, 0.3) is 5.91 Å². The number of hydrogen-bond donors (Lipinski definition) is 1. The molecular weight excluding hydrogens is 204 g/mol. The molecule has 2 aliphatic rings. The van der Waals surface area contributed by atoms with Crippen molar-refractivity contribution in [3.05, 3.63) is 0 Å². The van der Waals surface area contributed by atoms with Crippen LogP contribution in [0, 0.1) is 11.8 Å². The summed E-state index contributed by atoms with van der Waals surface area (Å²) in [6.45, 7) is 6.49. The molecule has 2 rings (SSSR count). The first-order chi connectivity index (χ1) is 7.59. The third-order valence-electron chi connectivity index (χ3n) is 3.91. The average molecular weight is 226 g/mol. The molecular formula is C12H22N2O2. The van der Waals surface area contributed by atoms with E-state index in [1.807, 2.05) is 11.8 Å². The van der Waals surface area contributed by atoms with Crippen molar-refractivity contribution < 1.29 is 9.53 Å². The summed E-state index contributed by atoms with van der Waals surface area (Å²) >= 11 is 0. The van der Waals surface area contributed by atoms with E-state index in [4.69, 9.17) is 10.5 Å². The Morgan fingerprint density at radius 1 is 1.50 bits per heavy atom. The first-order valence-corrected chi connectivity index (χ1v) is 6.25. The molecule has 0 aromatic heterocycles. The standard InChI is InChI=1S/C12H22N2O2/c1-8-4-6-16-11(8)12(15)14-5-3-10(7-14)9(2)13/h8-11H,3-7,13H2,1-2H3. The van der Waals surface area contributed by atoms with E-state index in [0.29, 0.717) is 11.8 Å². The molecule has 2 heterocycles. The molecule has 0 saturated carbocycles. The molecule has 0 aromatic rings. The minimum absolute atomic E-state index is 0.174. The normalized spacial score (nSPS) is 36.7. The summed E-state index contributed by atoms with van der Waals surface area (Å²) in [5, 5.41) is 0. The predicted octanol–water partition coefficient (Wildman–Crippen LogP) is 0.607. The molecule has 92 valence electrons. The van der Waals surface area contributed by atoms with Crippen LogP contribution in [-0.2, 0) is 9.53 Å². The summed E-state index contributed by atoms with van der Waals surface area (Å²) < 4.78 is 5.51. The molecule has 0 aromatic carbocycles. The molecule has 2 saturated heterocycles. The highest BCUT2D eigenvalue weighted by Gasteiger charge is 2.37. The maximum atomic E-state index is 12.2. The highest BCUT2D eigenvalue weighted by molar-refractivity contribution is 5.81. The van der Waals surface area contributed by atoms with E-state index in [9.17, 15) is 4.79 Å². The van der Waals surface area contributed by atoms with Gasteiger partial charge < -0.3 is 15.4 Å². The van der Waals surface area contributed by atoms with Crippen LogP contribution in [-0.4, -0.2) is 42.6 Å². The fourth-order valence-corrected chi connectivity index (χ4v) is 2.61. The Balaban J connectivity index is 1.91. The number of nitrogens with zero attached hydrogens (tertiary/aromatic N) is 1. The molecule has 4 nitrogen and oxygen atoms in total. The Morgan fingerprint density at radius 3 is 2.75 bits per heavy atom. The number of rotatable bonds is 2. The van der Waals surface area contributed by atoms with Gasteiger partial charge in [-0.15, -0.1) is 0 Å². The number of amides is 1. The SMILES string of the molecule is CC(N)C1CCN(C(=O)C2OCCC2C)C1. The van der Waals surface area contributed by atoms with Crippen LogP contribution in [0.4, 0.5) is 0 Å². The van der Waals surface area contributed by atoms with Crippen molar-refractivity contribution in [2.75, 3.05) is 19.7 Å². The van der Waals surface area contributed by atoms with Crippen molar-refractivity contribution in [1.29, 1.82) is 0 Å². The summed E-state index contributed by atoms with van der Waals surface area (Å²) in [6.07, 6.45) is 1.83. The Morgan fingerprint density at radius 2 is 2.25 bits per heavy atom. The van der Waals surface area contributed by atoms with Crippen molar-refractivity contribution in [2.24, 2.45) is 17.6 Å². The number of likely N-dealkylation sites (tertiary alicyclic amines) is 1. The largest absolute Gasteiger partial charge is 0.368 e. The van der Waals surface area contributed by atoms with Crippen LogP contribution < -0.4 is 5.73 Å². The van der Waals surface area contributed by atoms with Gasteiger partial charge in [-0.05, 0) is 31.6 Å². The highest BCUT2D eigenvalue weighted by atomic mass is 16.5. The van der Waals surface area contributed by atoms with E-state index < -0.39 is 0 Å². The Hall–Kier alpha value is -0.610. The number of ether oxygens (including phenoxy) is 1. The lowest BCUT2D eigenvalue weighted by atomic mass is 10.0. The van der Waals surface area contributed by atoms with Crippen LogP contribution in [0.15, 0.2) is 0 Å². The zero-order chi connectivity index (χ0) is 11.7. The van der Waals surface area contributed by atoms with Crippen molar-refractivity contribution in [2.45, 2.75) is 38.8 Å². The van der Waals surface area contributed by atoms with E-state index >= 15 is 0 Å². The molecule has 0 aliphatic carbocycles. The van der Waals surface area contributed by atoms with Crippen LogP contribution in [0.3, 0.4) is 0 Å². The van der Waals surface area contributed by atoms with Gasteiger partial charge in [0.15, 0.2) is 0 Å². The number of carbonyl (C=O) groups is 1. The summed E-state index contributed by atoms with van der Waals surface area (Å²) in [7, 11) is 0. The van der Waals surface area contributed by atoms with Crippen molar-refractivity contribution in [3.63, 3.8) is 0 Å². The van der Waals surface area contributed by atoms with Gasteiger partial charge in [-0.25, -0.2) is 0 Å². The Labute approximate surface area is 97.1 Å². The molecule has 0 spiro atoms. The molecule has 4 atom stereocenters. The lowest BCUT2D eigenvalue weighted by Crippen LogP contribution is -2.40. The smallest absolute Gasteiger partial charge is 0.251 e. The molecule has 0 bridgehead atoms. The molecule has 16 heavy (non-hydrogen) atoms. The van der Waals surface area contributed by atoms with E-state index in [0.717, 1.165) is 32.5 Å². The summed E-state index contributed by atoms with van der Waals surface area (Å²) in [5.74, 6) is 0.996. The predicted molar refractivity (Wildman–Crippen MR) is 61.9 cm³/mol. The zero-order valence-corrected chi connectivity index (χ0v) is 10.2. The van der Waals surface area contributed by atoms with Crippen molar-refractivity contribution in [1.82, 2.24) is 4.90 Å². The molecule has 4 unspecified atom stereocenters. The second-order valence-corrected chi connectivity index (χ2v) is 5.25. The van der Waals surface area contributed by atoms with Crippen LogP contribution in [0.5, 0.6) is 0 Å². The second-order valence-electron chi connectivity index (χ2n) is 5.25. The third kappa shape index (κ3) is 2.23. The molecule has 1 amide bonds. The minimum atomic E-state index is -0.202. The van der Waals surface area contributed by atoms with E-state index in [2.05, 4.69) is 6.92 Å². The number of carbonyl (C=O) groups excluding carboxylic acids is 1. The van der Waals surface area contributed by atoms with Gasteiger partial charge >= 0.3 is 0 Å². The van der Waals surface area contributed by atoms with Crippen molar-refractivity contribution >= 4 is 5.91 Å². The summed E-state index contributed by atoms with van der Waals surface area (Å²) in [4.78, 5) is 14.1. The summed E-state index contributed by atoms with van der Waals surface area (Å²) in [6, 6.07) is 0.180. The lowest BCUT2D eigenvalue weighted by molar-refractivity contribution is -0.141. The Bertz CT molecular complexity index is 268. The van der Waals surface area contributed by atoms with E-state index in [1.165, 1.54) is 0 Å². The third-order valence-corrected chi connectivity index (χ3v) is 3.91. The topological polar surface area (TPSA) is 55.6 Å². The van der Waals surface area contributed by atoms with E-state index in [-0.39, 0.29) is 18.1 Å². The molecule has 2 N–H and O–H groups in total. The van der Waals surface area contributed by atoms with Crippen molar-refractivity contribution in [3.8, 4) is 0 Å². The monoisotopic (exact) mass is 226 g/mol. The summed E-state index contributed by atoms with van der Waals surface area (Å²) in [5.41, 5.74) is 5.87. The van der Waals surface area contributed by atoms with Gasteiger partial charge in [-0.2, -0.15) is 0 Å². The first-order valence-electron chi connectivity index (χ1n) is 6.25. The maximum absolute atomic E-state index is 12.2. The molecule has 2 fully saturated rings. The number of hydrogen-bond acceptors (Lipinski definition) is 3. The van der Waals surface area contributed by atoms with Crippen LogP contribution in [0.2, 0.25) is 0 Å². The van der Waals surface area contributed by atoms with Gasteiger partial charge in [0.05, 0.1) is 0 Å². The van der Waals surface area contributed by atoms with Crippen LogP contribution in [0.1, 0.15) is 26.7 Å². The van der Waals surface area contributed by atoms with Gasteiger partial charge in [-0.3, -0.25) is 4.79 Å². The minimum Gasteiger partial charge on any atom is -0.368 e. The average Bonchev–Trinajstić information content (AvgIpc) is 2.84. The van der Waals surface area contributed by atoms with Gasteiger partial charge in [0.1, 0.15) is 6.10 Å². The fraction of sp³-hybridized carbons (Fsp3) is 0.917. The van der Waals surface area contributed by atoms with Crippen LogP contribution in [0.25, 0.3) is 0 Å². The maximum Gasteiger partial charge on any atom is 0.251 e. The molecule has 0 radical (unpaired) electrons. The molecule has 4 heteroatoms. The van der Waals surface area contributed by atoms with Crippen LogP contribution >= 0.6 is 0 Å². The molecule has 2 aliphatic heterocycles. The van der Waals surface area contributed by atoms with E-state index in [1.54, 1.807) is 0 Å². The van der Waals surface area contributed by atoms with Gasteiger partial charge in [-0.1, -0.05) is 6.92 Å². The lowest BCUT2D eigenvalue weighted by Gasteiger charge is -2.23. The number of nitrogens with two attached hydrogens (primary N) is 1. The van der Waals surface area contributed by atoms with Gasteiger partial charge in [0, 0.05) is 25.7 Å². The quantitative estimate of drug-likeness (QED) is 0.750. The second kappa shape index (κ2) is 4.72. The highest BCUT2D eigenvalue weighted by Crippen LogP contribution is 2.25.